The molecule has 1 aromatic heterocycles. The van der Waals surface area contributed by atoms with E-state index in [1.807, 2.05) is 42.5 Å². The largest absolute Gasteiger partial charge is 0.479 e. The second kappa shape index (κ2) is 11.7. The monoisotopic (exact) mass is 401 g/mol. The van der Waals surface area contributed by atoms with E-state index in [9.17, 15) is 20.1 Å². The number of pyridine rings is 1. The highest BCUT2D eigenvalue weighted by atomic mass is 16.4. The summed E-state index contributed by atoms with van der Waals surface area (Å²) >= 11 is 0. The topological polar surface area (TPSA) is 111 Å². The summed E-state index contributed by atoms with van der Waals surface area (Å²) in [5, 5.41) is 39.3. The van der Waals surface area contributed by atoms with Crippen molar-refractivity contribution in [2.75, 3.05) is 0 Å². The average Bonchev–Trinajstić information content (AvgIpc) is 2.72. The van der Waals surface area contributed by atoms with E-state index in [1.54, 1.807) is 0 Å². The van der Waals surface area contributed by atoms with Crippen LogP contribution in [-0.2, 0) is 4.79 Å². The van der Waals surface area contributed by atoms with Crippen LogP contribution in [0.2, 0.25) is 0 Å². The zero-order valence-corrected chi connectivity index (χ0v) is 16.9. The number of carboxylic acids is 1. The Labute approximate surface area is 171 Å². The van der Waals surface area contributed by atoms with E-state index in [4.69, 9.17) is 10.1 Å². The number of carbonyl (C=O) groups is 1. The second-order valence-corrected chi connectivity index (χ2v) is 7.35. The van der Waals surface area contributed by atoms with Gasteiger partial charge in [0.2, 0.25) is 0 Å². The number of aromatic nitrogens is 1. The summed E-state index contributed by atoms with van der Waals surface area (Å²) < 4.78 is 0. The predicted octanol–water partition coefficient (Wildman–Crippen LogP) is 3.84. The number of unbranched alkanes of at least 4 members (excludes halogenated alkanes) is 3. The minimum Gasteiger partial charge on any atom is -0.479 e. The number of hydrogen-bond donors (Lipinski definition) is 4. The highest BCUT2D eigenvalue weighted by molar-refractivity contribution is 5.81. The number of fused-ring (bicyclic) bond motifs is 1. The van der Waals surface area contributed by atoms with Gasteiger partial charge in [0.1, 0.15) is 0 Å². The number of aliphatic carboxylic acids is 1. The number of allylic oxidation sites excluding steroid dienone is 1. The first-order chi connectivity index (χ1) is 13.9. The van der Waals surface area contributed by atoms with Gasteiger partial charge in [-0.05, 0) is 43.9 Å². The molecular weight excluding hydrogens is 370 g/mol. The van der Waals surface area contributed by atoms with Gasteiger partial charge in [-0.1, -0.05) is 50.5 Å². The molecule has 1 heterocycles. The molecule has 0 saturated carbocycles. The van der Waals surface area contributed by atoms with E-state index < -0.39 is 24.3 Å². The Morgan fingerprint density at radius 2 is 1.86 bits per heavy atom. The van der Waals surface area contributed by atoms with Gasteiger partial charge in [0.15, 0.2) is 6.10 Å². The van der Waals surface area contributed by atoms with Crippen molar-refractivity contribution >= 4 is 22.9 Å². The maximum absolute atomic E-state index is 10.7. The zero-order valence-electron chi connectivity index (χ0n) is 16.9. The number of nitrogens with zero attached hydrogens (tertiary/aromatic N) is 1. The molecule has 2 aromatic rings. The summed E-state index contributed by atoms with van der Waals surface area (Å²) in [6.07, 6.45) is 5.29. The SMILES string of the molecule is CCCCC[C@@H](O)c1cc2ccccc2nc1C=CCCCC(O)C(O)C(=O)O. The minimum absolute atomic E-state index is 0.190. The fourth-order valence-electron chi connectivity index (χ4n) is 3.25. The third-order valence-corrected chi connectivity index (χ3v) is 4.99. The molecule has 6 nitrogen and oxygen atoms in total. The fourth-order valence-corrected chi connectivity index (χ4v) is 3.25. The number of para-hydroxylation sites is 1. The third kappa shape index (κ3) is 6.92. The van der Waals surface area contributed by atoms with Crippen LogP contribution in [0.4, 0.5) is 0 Å². The molecule has 2 rings (SSSR count). The van der Waals surface area contributed by atoms with Gasteiger partial charge in [-0.15, -0.1) is 0 Å². The number of rotatable bonds is 12. The smallest absolute Gasteiger partial charge is 0.335 e. The minimum atomic E-state index is -1.76. The molecule has 0 radical (unpaired) electrons. The van der Waals surface area contributed by atoms with Crippen LogP contribution in [0.25, 0.3) is 17.0 Å². The molecule has 0 saturated heterocycles. The van der Waals surface area contributed by atoms with E-state index >= 15 is 0 Å². The van der Waals surface area contributed by atoms with Crippen LogP contribution in [0.15, 0.2) is 36.4 Å². The molecule has 2 unspecified atom stereocenters. The van der Waals surface area contributed by atoms with Crippen molar-refractivity contribution in [3.05, 3.63) is 47.7 Å². The Bertz CT molecular complexity index is 820. The summed E-state index contributed by atoms with van der Waals surface area (Å²) in [5.41, 5.74) is 2.38. The molecule has 0 aliphatic carbocycles. The molecule has 0 aliphatic rings. The number of aliphatic hydroxyl groups is 3. The van der Waals surface area contributed by atoms with E-state index in [-0.39, 0.29) is 6.42 Å². The first-order valence-electron chi connectivity index (χ1n) is 10.3. The molecule has 1 aromatic carbocycles. The summed E-state index contributed by atoms with van der Waals surface area (Å²) in [6, 6.07) is 9.78. The van der Waals surface area contributed by atoms with Gasteiger partial charge in [0.05, 0.1) is 23.4 Å². The predicted molar refractivity (Wildman–Crippen MR) is 113 cm³/mol. The highest BCUT2D eigenvalue weighted by Gasteiger charge is 2.22. The van der Waals surface area contributed by atoms with Crippen molar-refractivity contribution in [2.45, 2.75) is 70.2 Å². The molecule has 29 heavy (non-hydrogen) atoms. The van der Waals surface area contributed by atoms with Gasteiger partial charge in [0, 0.05) is 10.9 Å². The van der Waals surface area contributed by atoms with Crippen molar-refractivity contribution in [3.8, 4) is 0 Å². The van der Waals surface area contributed by atoms with Gasteiger partial charge >= 0.3 is 5.97 Å². The number of carboxylic acid groups (broad SMARTS) is 1. The van der Waals surface area contributed by atoms with E-state index in [2.05, 4.69) is 6.92 Å². The van der Waals surface area contributed by atoms with Gasteiger partial charge in [-0.25, -0.2) is 9.78 Å². The van der Waals surface area contributed by atoms with Gasteiger partial charge in [-0.3, -0.25) is 0 Å². The third-order valence-electron chi connectivity index (χ3n) is 4.99. The zero-order chi connectivity index (χ0) is 21.2. The summed E-state index contributed by atoms with van der Waals surface area (Å²) in [6.45, 7) is 2.13. The lowest BCUT2D eigenvalue weighted by molar-refractivity contribution is -0.153. The summed E-state index contributed by atoms with van der Waals surface area (Å²) in [4.78, 5) is 15.4. The van der Waals surface area contributed by atoms with Crippen molar-refractivity contribution in [1.29, 1.82) is 0 Å². The number of hydrogen-bond acceptors (Lipinski definition) is 5. The summed E-state index contributed by atoms with van der Waals surface area (Å²) in [7, 11) is 0. The standard InChI is InChI=1S/C23H31NO5/c1-2-3-5-13-20(25)17-15-16-10-8-9-11-18(16)24-19(17)12-6-4-7-14-21(26)22(27)23(28)29/h6,8-12,15,20-22,25-27H,2-5,7,13-14H2,1H3,(H,28,29)/t20-,21?,22?/m1/s1. The van der Waals surface area contributed by atoms with Crippen LogP contribution in [0.1, 0.15) is 69.2 Å². The number of benzene rings is 1. The van der Waals surface area contributed by atoms with Gasteiger partial charge in [-0.2, -0.15) is 0 Å². The average molecular weight is 402 g/mol. The van der Waals surface area contributed by atoms with Crippen LogP contribution < -0.4 is 0 Å². The Kier molecular flexibility index (Phi) is 9.25. The van der Waals surface area contributed by atoms with E-state index in [0.29, 0.717) is 19.3 Å². The summed E-state index contributed by atoms with van der Waals surface area (Å²) in [5.74, 6) is -1.42. The first-order valence-corrected chi connectivity index (χ1v) is 10.3. The highest BCUT2D eigenvalue weighted by Crippen LogP contribution is 2.27. The Morgan fingerprint density at radius 1 is 1.10 bits per heavy atom. The van der Waals surface area contributed by atoms with Crippen LogP contribution in [0.5, 0.6) is 0 Å². The lowest BCUT2D eigenvalue weighted by Gasteiger charge is -2.15. The molecule has 3 atom stereocenters. The van der Waals surface area contributed by atoms with Crippen LogP contribution in [-0.4, -0.2) is 43.6 Å². The van der Waals surface area contributed by atoms with Crippen LogP contribution >= 0.6 is 0 Å². The number of aliphatic hydroxyl groups excluding tert-OH is 3. The Balaban J connectivity index is 2.08. The van der Waals surface area contributed by atoms with Gasteiger partial charge < -0.3 is 20.4 Å². The molecule has 158 valence electrons. The molecule has 4 N–H and O–H groups in total. The fraction of sp³-hybridized carbons (Fsp3) is 0.478. The molecule has 0 amide bonds. The Hall–Kier alpha value is -2.28. The van der Waals surface area contributed by atoms with Crippen molar-refractivity contribution in [3.63, 3.8) is 0 Å². The molecule has 0 aliphatic heterocycles. The second-order valence-electron chi connectivity index (χ2n) is 7.35. The normalized spacial score (nSPS) is 14.9. The maximum atomic E-state index is 10.7. The maximum Gasteiger partial charge on any atom is 0.335 e. The van der Waals surface area contributed by atoms with E-state index in [1.165, 1.54) is 0 Å². The van der Waals surface area contributed by atoms with Crippen LogP contribution in [0, 0.1) is 0 Å². The van der Waals surface area contributed by atoms with Gasteiger partial charge in [0.25, 0.3) is 0 Å². The van der Waals surface area contributed by atoms with Crippen molar-refractivity contribution < 1.29 is 25.2 Å². The lowest BCUT2D eigenvalue weighted by atomic mass is 9.99. The van der Waals surface area contributed by atoms with Crippen LogP contribution in [0.3, 0.4) is 0 Å². The quantitative estimate of drug-likeness (QED) is 0.402. The molecular formula is C23H31NO5. The molecule has 0 bridgehead atoms. The molecule has 6 heteroatoms. The Morgan fingerprint density at radius 3 is 2.59 bits per heavy atom. The molecule has 0 fully saturated rings. The lowest BCUT2D eigenvalue weighted by Crippen LogP contribution is -2.33. The van der Waals surface area contributed by atoms with E-state index in [0.717, 1.165) is 41.4 Å². The first kappa shape index (κ1) is 23.0. The van der Waals surface area contributed by atoms with Crippen molar-refractivity contribution in [2.24, 2.45) is 0 Å². The molecule has 0 spiro atoms. The van der Waals surface area contributed by atoms with Crippen molar-refractivity contribution in [1.82, 2.24) is 4.98 Å².